The van der Waals surface area contributed by atoms with Gasteiger partial charge in [-0.15, -0.1) is 0 Å². The van der Waals surface area contributed by atoms with E-state index in [1.165, 1.54) is 5.56 Å². The smallest absolute Gasteiger partial charge is 0.344 e. The lowest BCUT2D eigenvalue weighted by Crippen LogP contribution is -2.36. The summed E-state index contributed by atoms with van der Waals surface area (Å²) in [7, 11) is 0. The summed E-state index contributed by atoms with van der Waals surface area (Å²) in [4.78, 5) is 18.8. The first kappa shape index (κ1) is 33.4. The van der Waals surface area contributed by atoms with Crippen LogP contribution in [0.5, 0.6) is 23.0 Å². The standard InChI is InChI=1S/C39H42N2O6/c1-39(2,3)47-38(43)28-45-34-18-19-35-36(24-34)40-22-20-37(35)46-33-16-14-29(15-17-33)21-23-41(25-30-10-6-4-7-11-30)26-31(42)27-44-32-12-8-5-9-13-32/h4-20,22,24,31,42H,21,23,25-28H2,1-3H3/t31-/m0/s1. The first-order chi connectivity index (χ1) is 22.7. The molecule has 1 heterocycles. The number of fused-ring (bicyclic) bond motifs is 1. The number of esters is 1. The zero-order valence-electron chi connectivity index (χ0n) is 27.2. The minimum absolute atomic E-state index is 0.182. The lowest BCUT2D eigenvalue weighted by molar-refractivity contribution is -0.157. The van der Waals surface area contributed by atoms with Gasteiger partial charge in [0.1, 0.15) is 41.3 Å². The van der Waals surface area contributed by atoms with Gasteiger partial charge in [-0.1, -0.05) is 60.7 Å². The molecule has 5 rings (SSSR count). The molecule has 0 unspecified atom stereocenters. The molecule has 0 aliphatic carbocycles. The van der Waals surface area contributed by atoms with E-state index >= 15 is 0 Å². The molecule has 244 valence electrons. The second-order valence-corrected chi connectivity index (χ2v) is 12.4. The summed E-state index contributed by atoms with van der Waals surface area (Å²) < 4.78 is 23.0. The molecule has 47 heavy (non-hydrogen) atoms. The zero-order chi connectivity index (χ0) is 33.1. The number of aromatic nitrogens is 1. The number of hydrogen-bond donors (Lipinski definition) is 1. The average molecular weight is 635 g/mol. The predicted octanol–water partition coefficient (Wildman–Crippen LogP) is 7.23. The highest BCUT2D eigenvalue weighted by Crippen LogP contribution is 2.31. The van der Waals surface area contributed by atoms with Crippen LogP contribution in [0, 0.1) is 0 Å². The van der Waals surface area contributed by atoms with Crippen LogP contribution in [0.25, 0.3) is 10.9 Å². The molecule has 0 saturated heterocycles. The van der Waals surface area contributed by atoms with Crippen molar-refractivity contribution in [1.29, 1.82) is 0 Å². The van der Waals surface area contributed by atoms with Gasteiger partial charge in [0.15, 0.2) is 6.61 Å². The van der Waals surface area contributed by atoms with E-state index in [-0.39, 0.29) is 13.2 Å². The van der Waals surface area contributed by atoms with E-state index in [1.54, 1.807) is 18.3 Å². The average Bonchev–Trinajstić information content (AvgIpc) is 3.06. The highest BCUT2D eigenvalue weighted by atomic mass is 16.6. The predicted molar refractivity (Wildman–Crippen MR) is 183 cm³/mol. The fourth-order valence-corrected chi connectivity index (χ4v) is 5.07. The van der Waals surface area contributed by atoms with Crippen molar-refractivity contribution in [2.24, 2.45) is 0 Å². The van der Waals surface area contributed by atoms with Crippen molar-refractivity contribution < 1.29 is 28.8 Å². The van der Waals surface area contributed by atoms with Gasteiger partial charge in [0.05, 0.1) is 5.52 Å². The van der Waals surface area contributed by atoms with Crippen molar-refractivity contribution in [3.8, 4) is 23.0 Å². The molecule has 0 aliphatic rings. The first-order valence-corrected chi connectivity index (χ1v) is 15.8. The van der Waals surface area contributed by atoms with Crippen LogP contribution in [-0.4, -0.2) is 59.0 Å². The van der Waals surface area contributed by atoms with Crippen molar-refractivity contribution in [2.45, 2.75) is 45.4 Å². The van der Waals surface area contributed by atoms with Gasteiger partial charge >= 0.3 is 5.97 Å². The number of rotatable bonds is 15. The quantitative estimate of drug-likeness (QED) is 0.121. The Morgan fingerprint density at radius 3 is 2.23 bits per heavy atom. The zero-order valence-corrected chi connectivity index (χ0v) is 27.2. The van der Waals surface area contributed by atoms with Crippen LogP contribution in [0.2, 0.25) is 0 Å². The molecule has 5 aromatic rings. The minimum Gasteiger partial charge on any atom is -0.491 e. The number of pyridine rings is 1. The highest BCUT2D eigenvalue weighted by Gasteiger charge is 2.17. The SMILES string of the molecule is CC(C)(C)OC(=O)COc1ccc2c(Oc3ccc(CCN(Cc4ccccc4)C[C@H](O)COc4ccccc4)cc3)ccnc2c1. The lowest BCUT2D eigenvalue weighted by Gasteiger charge is -2.25. The van der Waals surface area contributed by atoms with E-state index < -0.39 is 17.7 Å². The van der Waals surface area contributed by atoms with E-state index in [9.17, 15) is 9.90 Å². The number of nitrogens with zero attached hydrogens (tertiary/aromatic N) is 2. The number of para-hydroxylation sites is 1. The van der Waals surface area contributed by atoms with E-state index in [4.69, 9.17) is 18.9 Å². The number of carbonyl (C=O) groups excluding carboxylic acids is 1. The maximum absolute atomic E-state index is 12.0. The maximum Gasteiger partial charge on any atom is 0.344 e. The molecule has 8 heteroatoms. The molecule has 1 atom stereocenters. The minimum atomic E-state index is -0.627. The van der Waals surface area contributed by atoms with Crippen LogP contribution in [0.1, 0.15) is 31.9 Å². The Labute approximate surface area is 276 Å². The normalized spacial score (nSPS) is 12.1. The van der Waals surface area contributed by atoms with Gasteiger partial charge in [-0.3, -0.25) is 9.88 Å². The van der Waals surface area contributed by atoms with Crippen LogP contribution in [0.3, 0.4) is 0 Å². The van der Waals surface area contributed by atoms with Crippen molar-refractivity contribution >= 4 is 16.9 Å². The van der Waals surface area contributed by atoms with Gasteiger partial charge < -0.3 is 24.1 Å². The fourth-order valence-electron chi connectivity index (χ4n) is 5.07. The summed E-state index contributed by atoms with van der Waals surface area (Å²) in [5.41, 5.74) is 2.48. The molecule has 0 amide bonds. The molecule has 0 saturated carbocycles. The van der Waals surface area contributed by atoms with Crippen molar-refractivity contribution in [2.75, 3.05) is 26.3 Å². The van der Waals surface area contributed by atoms with Crippen LogP contribution >= 0.6 is 0 Å². The second-order valence-electron chi connectivity index (χ2n) is 12.4. The summed E-state index contributed by atoms with van der Waals surface area (Å²) >= 11 is 0. The van der Waals surface area contributed by atoms with Gasteiger partial charge in [0.25, 0.3) is 0 Å². The van der Waals surface area contributed by atoms with Gasteiger partial charge in [-0.25, -0.2) is 4.79 Å². The molecule has 8 nitrogen and oxygen atoms in total. The van der Waals surface area contributed by atoms with Crippen molar-refractivity contribution in [1.82, 2.24) is 9.88 Å². The van der Waals surface area contributed by atoms with E-state index in [2.05, 4.69) is 34.1 Å². The summed E-state index contributed by atoms with van der Waals surface area (Å²) in [5.74, 6) is 2.22. The Bertz CT molecular complexity index is 1710. The Morgan fingerprint density at radius 2 is 1.51 bits per heavy atom. The third-order valence-corrected chi connectivity index (χ3v) is 7.22. The molecular weight excluding hydrogens is 592 g/mol. The van der Waals surface area contributed by atoms with Crippen LogP contribution in [0.15, 0.2) is 115 Å². The molecule has 0 aliphatic heterocycles. The largest absolute Gasteiger partial charge is 0.491 e. The molecule has 0 radical (unpaired) electrons. The number of aliphatic hydroxyl groups excluding tert-OH is 1. The third kappa shape index (κ3) is 10.8. The number of benzene rings is 4. The first-order valence-electron chi connectivity index (χ1n) is 15.8. The van der Waals surface area contributed by atoms with Crippen LogP contribution < -0.4 is 14.2 Å². The van der Waals surface area contributed by atoms with E-state index in [0.717, 1.165) is 36.2 Å². The van der Waals surface area contributed by atoms with Crippen LogP contribution in [-0.2, 0) is 22.5 Å². The number of aliphatic hydroxyl groups is 1. The molecule has 0 bridgehead atoms. The summed E-state index contributed by atoms with van der Waals surface area (Å²) in [6.07, 6.45) is 1.87. The highest BCUT2D eigenvalue weighted by molar-refractivity contribution is 5.86. The second kappa shape index (κ2) is 16.1. The Balaban J connectivity index is 1.17. The Morgan fingerprint density at radius 1 is 0.809 bits per heavy atom. The summed E-state index contributed by atoms with van der Waals surface area (Å²) in [6, 6.07) is 35.2. The van der Waals surface area contributed by atoms with Crippen molar-refractivity contribution in [3.63, 3.8) is 0 Å². The van der Waals surface area contributed by atoms with E-state index in [0.29, 0.717) is 29.3 Å². The third-order valence-electron chi connectivity index (χ3n) is 7.22. The molecule has 0 fully saturated rings. The Hall–Kier alpha value is -4.92. The van der Waals surface area contributed by atoms with Gasteiger partial charge in [0, 0.05) is 37.3 Å². The molecule has 1 N–H and O–H groups in total. The molecular formula is C39H42N2O6. The van der Waals surface area contributed by atoms with Gasteiger partial charge in [0.2, 0.25) is 0 Å². The Kier molecular flexibility index (Phi) is 11.4. The topological polar surface area (TPSA) is 90.4 Å². The number of hydrogen-bond acceptors (Lipinski definition) is 8. The molecule has 1 aromatic heterocycles. The fraction of sp³-hybridized carbons (Fsp3) is 0.282. The summed E-state index contributed by atoms with van der Waals surface area (Å²) in [5, 5.41) is 11.6. The number of ether oxygens (including phenoxy) is 4. The van der Waals surface area contributed by atoms with E-state index in [1.807, 2.05) is 93.6 Å². The monoisotopic (exact) mass is 634 g/mol. The number of carbonyl (C=O) groups is 1. The van der Waals surface area contributed by atoms with Gasteiger partial charge in [-0.2, -0.15) is 0 Å². The van der Waals surface area contributed by atoms with Gasteiger partial charge in [-0.05, 0) is 80.8 Å². The lowest BCUT2D eigenvalue weighted by atomic mass is 10.1. The van der Waals surface area contributed by atoms with Crippen molar-refractivity contribution in [3.05, 3.63) is 127 Å². The maximum atomic E-state index is 12.0. The molecule has 4 aromatic carbocycles. The molecule has 0 spiro atoms. The summed E-state index contributed by atoms with van der Waals surface area (Å²) in [6.45, 7) is 7.49. The van der Waals surface area contributed by atoms with Crippen LogP contribution in [0.4, 0.5) is 0 Å².